The van der Waals surface area contributed by atoms with Crippen LogP contribution >= 0.6 is 0 Å². The third-order valence-electron chi connectivity index (χ3n) is 4.65. The number of nitrogens with two attached hydrogens (primary N) is 1. The number of carbonyl (C=O) groups is 1. The number of rotatable bonds is 4. The van der Waals surface area contributed by atoms with E-state index < -0.39 is 0 Å². The lowest BCUT2D eigenvalue weighted by molar-refractivity contribution is -0.135. The Morgan fingerprint density at radius 2 is 2.16 bits per heavy atom. The van der Waals surface area contributed by atoms with E-state index in [0.29, 0.717) is 24.3 Å². The topological polar surface area (TPSA) is 55.6 Å². The fraction of sp³-hybridized carbons (Fsp3) is 0.933. The molecule has 1 heterocycles. The SMILES string of the molecule is COC1CCCN(C(=O)CCC2CCCC(N)C2)C1. The normalized spacial score (nSPS) is 32.3. The lowest BCUT2D eigenvalue weighted by Gasteiger charge is -2.33. The Balaban J connectivity index is 1.71. The Morgan fingerprint density at radius 3 is 2.89 bits per heavy atom. The van der Waals surface area contributed by atoms with Gasteiger partial charge in [0.15, 0.2) is 0 Å². The maximum Gasteiger partial charge on any atom is 0.222 e. The van der Waals surface area contributed by atoms with Crippen molar-refractivity contribution >= 4 is 5.91 Å². The van der Waals surface area contributed by atoms with Crippen LogP contribution in [-0.2, 0) is 9.53 Å². The molecule has 1 saturated carbocycles. The summed E-state index contributed by atoms with van der Waals surface area (Å²) in [6.07, 6.45) is 8.84. The summed E-state index contributed by atoms with van der Waals surface area (Å²) in [5.74, 6) is 0.969. The summed E-state index contributed by atoms with van der Waals surface area (Å²) in [6.45, 7) is 1.68. The van der Waals surface area contributed by atoms with E-state index in [-0.39, 0.29) is 6.10 Å². The number of amides is 1. The Bertz CT molecular complexity index is 296. The molecule has 1 amide bonds. The zero-order valence-electron chi connectivity index (χ0n) is 12.1. The Morgan fingerprint density at radius 1 is 1.32 bits per heavy atom. The largest absolute Gasteiger partial charge is 0.380 e. The van der Waals surface area contributed by atoms with Crippen molar-refractivity contribution in [2.45, 2.75) is 63.5 Å². The molecule has 2 N–H and O–H groups in total. The van der Waals surface area contributed by atoms with Crippen molar-refractivity contribution in [3.63, 3.8) is 0 Å². The smallest absolute Gasteiger partial charge is 0.222 e. The van der Waals surface area contributed by atoms with E-state index in [4.69, 9.17) is 10.5 Å². The highest BCUT2D eigenvalue weighted by Gasteiger charge is 2.25. The minimum absolute atomic E-state index is 0.237. The van der Waals surface area contributed by atoms with Gasteiger partial charge in [-0.1, -0.05) is 12.8 Å². The summed E-state index contributed by atoms with van der Waals surface area (Å²) in [5.41, 5.74) is 6.00. The molecule has 4 nitrogen and oxygen atoms in total. The molecule has 1 saturated heterocycles. The maximum atomic E-state index is 12.2. The number of methoxy groups -OCH3 is 1. The summed E-state index contributed by atoms with van der Waals surface area (Å²) in [7, 11) is 1.74. The number of carbonyl (C=O) groups excluding carboxylic acids is 1. The minimum Gasteiger partial charge on any atom is -0.380 e. The van der Waals surface area contributed by atoms with E-state index in [1.165, 1.54) is 12.8 Å². The second-order valence-corrected chi connectivity index (χ2v) is 6.17. The molecule has 2 aliphatic rings. The molecule has 19 heavy (non-hydrogen) atoms. The van der Waals surface area contributed by atoms with Gasteiger partial charge in [0.2, 0.25) is 5.91 Å². The summed E-state index contributed by atoms with van der Waals surface area (Å²) < 4.78 is 5.37. The highest BCUT2D eigenvalue weighted by atomic mass is 16.5. The van der Waals surface area contributed by atoms with Crippen molar-refractivity contribution in [2.24, 2.45) is 11.7 Å². The highest BCUT2D eigenvalue weighted by molar-refractivity contribution is 5.76. The van der Waals surface area contributed by atoms with Gasteiger partial charge >= 0.3 is 0 Å². The van der Waals surface area contributed by atoms with Gasteiger partial charge in [0.25, 0.3) is 0 Å². The molecule has 0 aromatic rings. The van der Waals surface area contributed by atoms with Crippen LogP contribution in [0.3, 0.4) is 0 Å². The van der Waals surface area contributed by atoms with Crippen LogP contribution in [0, 0.1) is 5.92 Å². The molecular weight excluding hydrogens is 240 g/mol. The first-order valence-corrected chi connectivity index (χ1v) is 7.75. The fourth-order valence-electron chi connectivity index (χ4n) is 3.44. The minimum atomic E-state index is 0.237. The molecule has 2 rings (SSSR count). The Hall–Kier alpha value is -0.610. The predicted octanol–water partition coefficient (Wildman–Crippen LogP) is 1.92. The van der Waals surface area contributed by atoms with Crippen molar-refractivity contribution in [3.05, 3.63) is 0 Å². The number of hydrogen-bond acceptors (Lipinski definition) is 3. The molecule has 0 aromatic heterocycles. The van der Waals surface area contributed by atoms with Crippen LogP contribution in [0.2, 0.25) is 0 Å². The summed E-state index contributed by atoms with van der Waals surface area (Å²) in [6, 6.07) is 0.363. The average Bonchev–Trinajstić information content (AvgIpc) is 2.45. The van der Waals surface area contributed by atoms with Gasteiger partial charge in [0, 0.05) is 32.7 Å². The van der Waals surface area contributed by atoms with Crippen LogP contribution in [0.1, 0.15) is 51.4 Å². The molecule has 3 atom stereocenters. The van der Waals surface area contributed by atoms with Crippen molar-refractivity contribution in [3.8, 4) is 0 Å². The quantitative estimate of drug-likeness (QED) is 0.847. The standard InChI is InChI=1S/C15H28N2O2/c1-19-14-6-3-9-17(11-14)15(18)8-7-12-4-2-5-13(16)10-12/h12-14H,2-11,16H2,1H3. The third-order valence-corrected chi connectivity index (χ3v) is 4.65. The molecule has 2 fully saturated rings. The first-order chi connectivity index (χ1) is 9.19. The van der Waals surface area contributed by atoms with Gasteiger partial charge in [-0.05, 0) is 38.0 Å². The van der Waals surface area contributed by atoms with Crippen LogP contribution in [0.4, 0.5) is 0 Å². The molecule has 1 aliphatic heterocycles. The van der Waals surface area contributed by atoms with Crippen LogP contribution in [-0.4, -0.2) is 43.2 Å². The van der Waals surface area contributed by atoms with Gasteiger partial charge in [0.05, 0.1) is 6.10 Å². The van der Waals surface area contributed by atoms with Crippen molar-refractivity contribution in [1.29, 1.82) is 0 Å². The zero-order valence-corrected chi connectivity index (χ0v) is 12.1. The molecule has 4 heteroatoms. The van der Waals surface area contributed by atoms with Crippen LogP contribution in [0.25, 0.3) is 0 Å². The second-order valence-electron chi connectivity index (χ2n) is 6.17. The second kappa shape index (κ2) is 7.25. The molecule has 110 valence electrons. The number of piperidine rings is 1. The van der Waals surface area contributed by atoms with E-state index in [1.54, 1.807) is 7.11 Å². The Labute approximate surface area is 116 Å². The van der Waals surface area contributed by atoms with Crippen molar-refractivity contribution in [1.82, 2.24) is 4.90 Å². The third kappa shape index (κ3) is 4.46. The van der Waals surface area contributed by atoms with Gasteiger partial charge in [-0.25, -0.2) is 0 Å². The molecular formula is C15H28N2O2. The van der Waals surface area contributed by atoms with Gasteiger partial charge in [0.1, 0.15) is 0 Å². The van der Waals surface area contributed by atoms with Gasteiger partial charge in [-0.2, -0.15) is 0 Å². The van der Waals surface area contributed by atoms with Gasteiger partial charge in [-0.3, -0.25) is 4.79 Å². The van der Waals surface area contributed by atoms with Crippen molar-refractivity contribution in [2.75, 3.05) is 20.2 Å². The molecule has 0 bridgehead atoms. The number of hydrogen-bond donors (Lipinski definition) is 1. The highest BCUT2D eigenvalue weighted by Crippen LogP contribution is 2.27. The van der Waals surface area contributed by atoms with Crippen LogP contribution < -0.4 is 5.73 Å². The van der Waals surface area contributed by atoms with E-state index in [1.807, 2.05) is 4.90 Å². The number of ether oxygens (including phenoxy) is 1. The first-order valence-electron chi connectivity index (χ1n) is 7.75. The van der Waals surface area contributed by atoms with E-state index >= 15 is 0 Å². The van der Waals surface area contributed by atoms with E-state index in [2.05, 4.69) is 0 Å². The lowest BCUT2D eigenvalue weighted by atomic mass is 9.83. The average molecular weight is 268 g/mol. The summed E-state index contributed by atoms with van der Waals surface area (Å²) in [5, 5.41) is 0. The summed E-state index contributed by atoms with van der Waals surface area (Å²) >= 11 is 0. The Kier molecular flexibility index (Phi) is 5.64. The van der Waals surface area contributed by atoms with Crippen LogP contribution in [0.15, 0.2) is 0 Å². The summed E-state index contributed by atoms with van der Waals surface area (Å²) in [4.78, 5) is 14.2. The van der Waals surface area contributed by atoms with Gasteiger partial charge < -0.3 is 15.4 Å². The first kappa shape index (κ1) is 14.8. The monoisotopic (exact) mass is 268 g/mol. The number of likely N-dealkylation sites (tertiary alicyclic amines) is 1. The van der Waals surface area contributed by atoms with Crippen LogP contribution in [0.5, 0.6) is 0 Å². The fourth-order valence-corrected chi connectivity index (χ4v) is 3.44. The van der Waals surface area contributed by atoms with Crippen molar-refractivity contribution < 1.29 is 9.53 Å². The molecule has 3 unspecified atom stereocenters. The number of nitrogens with zero attached hydrogens (tertiary/aromatic N) is 1. The zero-order chi connectivity index (χ0) is 13.7. The molecule has 0 aromatic carbocycles. The van der Waals surface area contributed by atoms with E-state index in [0.717, 1.165) is 45.2 Å². The lowest BCUT2D eigenvalue weighted by Crippen LogP contribution is -2.43. The molecule has 0 spiro atoms. The molecule has 0 radical (unpaired) electrons. The predicted molar refractivity (Wildman–Crippen MR) is 75.8 cm³/mol. The van der Waals surface area contributed by atoms with Gasteiger partial charge in [-0.15, -0.1) is 0 Å². The maximum absolute atomic E-state index is 12.2. The van der Waals surface area contributed by atoms with E-state index in [9.17, 15) is 4.79 Å². The molecule has 1 aliphatic carbocycles.